The number of thioether (sulfide) groups is 1. The van der Waals surface area contributed by atoms with Crippen molar-refractivity contribution in [1.29, 1.82) is 0 Å². The monoisotopic (exact) mass is 288 g/mol. The summed E-state index contributed by atoms with van der Waals surface area (Å²) in [6, 6.07) is 6.94. The van der Waals surface area contributed by atoms with Gasteiger partial charge in [-0.3, -0.25) is 10.1 Å². The Hall–Kier alpha value is -1.24. The zero-order valence-corrected chi connectivity index (χ0v) is 11.2. The number of aliphatic hydroxyl groups excluding tert-OH is 1. The van der Waals surface area contributed by atoms with Crippen LogP contribution in [-0.4, -0.2) is 22.8 Å². The van der Waals surface area contributed by atoms with Crippen molar-refractivity contribution in [2.24, 2.45) is 0 Å². The lowest BCUT2D eigenvalue weighted by Gasteiger charge is -2.14. The summed E-state index contributed by atoms with van der Waals surface area (Å²) < 4.78 is 0. The van der Waals surface area contributed by atoms with Crippen LogP contribution >= 0.6 is 23.4 Å². The molecule has 0 aliphatic heterocycles. The zero-order valence-electron chi connectivity index (χ0n) is 9.67. The Bertz CT molecular complexity index is 454. The molecule has 0 aliphatic carbocycles. The molecule has 0 amide bonds. The van der Waals surface area contributed by atoms with Crippen molar-refractivity contribution in [3.05, 3.63) is 56.2 Å². The smallest absolute Gasteiger partial charge is 0.263 e. The van der Waals surface area contributed by atoms with Crippen molar-refractivity contribution in [2.45, 2.75) is 6.10 Å². The average Bonchev–Trinajstić information content (AvgIpc) is 2.34. The van der Waals surface area contributed by atoms with E-state index in [1.807, 2.05) is 0 Å². The van der Waals surface area contributed by atoms with E-state index in [0.717, 1.165) is 6.20 Å². The van der Waals surface area contributed by atoms with E-state index in [0.29, 0.717) is 15.6 Å². The van der Waals surface area contributed by atoms with Gasteiger partial charge >= 0.3 is 0 Å². The van der Waals surface area contributed by atoms with Crippen LogP contribution in [0.1, 0.15) is 11.7 Å². The van der Waals surface area contributed by atoms with Crippen LogP contribution in [0.25, 0.3) is 0 Å². The van der Waals surface area contributed by atoms with E-state index in [1.165, 1.54) is 11.8 Å². The van der Waals surface area contributed by atoms with Gasteiger partial charge in [0.15, 0.2) is 0 Å². The van der Waals surface area contributed by atoms with Crippen LogP contribution in [0.2, 0.25) is 5.02 Å². The molecular formula is C11H13ClN2O3S. The Morgan fingerprint density at radius 1 is 1.67 bits per heavy atom. The van der Waals surface area contributed by atoms with Crippen molar-refractivity contribution in [2.75, 3.05) is 12.8 Å². The molecule has 98 valence electrons. The van der Waals surface area contributed by atoms with Crippen LogP contribution in [0.4, 0.5) is 0 Å². The van der Waals surface area contributed by atoms with Crippen molar-refractivity contribution in [1.82, 2.24) is 5.32 Å². The van der Waals surface area contributed by atoms with Gasteiger partial charge in [-0.2, -0.15) is 0 Å². The second-order valence-electron chi connectivity index (χ2n) is 3.40. The number of halogens is 1. The van der Waals surface area contributed by atoms with Crippen LogP contribution in [0, 0.1) is 10.1 Å². The maximum absolute atomic E-state index is 10.3. The van der Waals surface area contributed by atoms with Gasteiger partial charge in [-0.15, -0.1) is 11.8 Å². The van der Waals surface area contributed by atoms with E-state index in [4.69, 9.17) is 11.6 Å². The molecule has 0 spiro atoms. The first-order valence-corrected chi connectivity index (χ1v) is 6.70. The molecule has 0 aliphatic rings. The minimum Gasteiger partial charge on any atom is -0.387 e. The molecule has 1 unspecified atom stereocenters. The number of nitrogens with one attached hydrogen (secondary N) is 1. The number of benzene rings is 1. The maximum atomic E-state index is 10.3. The molecule has 0 heterocycles. The van der Waals surface area contributed by atoms with Crippen LogP contribution in [-0.2, 0) is 0 Å². The third-order valence-electron chi connectivity index (χ3n) is 2.18. The number of hydrogen-bond donors (Lipinski definition) is 2. The molecule has 0 aromatic heterocycles. The summed E-state index contributed by atoms with van der Waals surface area (Å²) in [7, 11) is 0. The Morgan fingerprint density at radius 2 is 2.33 bits per heavy atom. The Labute approximate surface area is 114 Å². The second-order valence-corrected chi connectivity index (χ2v) is 4.66. The van der Waals surface area contributed by atoms with Gasteiger partial charge < -0.3 is 10.4 Å². The lowest BCUT2D eigenvalue weighted by Crippen LogP contribution is -2.20. The molecule has 0 fully saturated rings. The zero-order chi connectivity index (χ0) is 13.5. The van der Waals surface area contributed by atoms with Gasteiger partial charge in [0.05, 0.1) is 11.0 Å². The van der Waals surface area contributed by atoms with E-state index in [-0.39, 0.29) is 6.54 Å². The number of nitrogens with zero attached hydrogens (tertiary/aromatic N) is 1. The van der Waals surface area contributed by atoms with Crippen molar-refractivity contribution < 1.29 is 10.0 Å². The highest BCUT2D eigenvalue weighted by Crippen LogP contribution is 2.22. The summed E-state index contributed by atoms with van der Waals surface area (Å²) in [5, 5.41) is 23.9. The Balaban J connectivity index is 2.63. The first-order chi connectivity index (χ1) is 8.54. The lowest BCUT2D eigenvalue weighted by molar-refractivity contribution is -0.403. The largest absolute Gasteiger partial charge is 0.387 e. The van der Waals surface area contributed by atoms with Crippen LogP contribution in [0.5, 0.6) is 0 Å². The van der Waals surface area contributed by atoms with Gasteiger partial charge in [-0.1, -0.05) is 29.8 Å². The predicted molar refractivity (Wildman–Crippen MR) is 73.0 cm³/mol. The molecule has 1 atom stereocenters. The first-order valence-electron chi connectivity index (χ1n) is 5.10. The number of aliphatic hydroxyl groups is 1. The Kier molecular flexibility index (Phi) is 5.97. The summed E-state index contributed by atoms with van der Waals surface area (Å²) in [6.45, 7) is 0.157. The van der Waals surface area contributed by atoms with Crippen LogP contribution in [0.3, 0.4) is 0 Å². The molecule has 5 nitrogen and oxygen atoms in total. The van der Waals surface area contributed by atoms with Gasteiger partial charge in [-0.05, 0) is 12.3 Å². The fourth-order valence-electron chi connectivity index (χ4n) is 1.32. The van der Waals surface area contributed by atoms with Crippen molar-refractivity contribution >= 4 is 23.4 Å². The highest BCUT2D eigenvalue weighted by Gasteiger charge is 2.11. The molecule has 1 aromatic carbocycles. The maximum Gasteiger partial charge on any atom is 0.263 e. The van der Waals surface area contributed by atoms with Crippen molar-refractivity contribution in [3.8, 4) is 0 Å². The molecule has 2 N–H and O–H groups in total. The van der Waals surface area contributed by atoms with Gasteiger partial charge in [0.2, 0.25) is 0 Å². The quantitative estimate of drug-likeness (QED) is 0.621. The molecule has 1 rings (SSSR count). The predicted octanol–water partition coefficient (Wildman–Crippen LogP) is 2.40. The standard InChI is InChI=1S/C11H13ClN2O3S/c1-18-11(7-14(16)17)13-6-10(15)8-4-2-3-5-9(8)12/h2-5,7,10,13,15H,6H2,1H3. The minimum atomic E-state index is -0.819. The number of hydrogen-bond acceptors (Lipinski definition) is 5. The highest BCUT2D eigenvalue weighted by molar-refractivity contribution is 8.02. The van der Waals surface area contributed by atoms with E-state index in [1.54, 1.807) is 30.5 Å². The minimum absolute atomic E-state index is 0.157. The van der Waals surface area contributed by atoms with E-state index < -0.39 is 11.0 Å². The summed E-state index contributed by atoms with van der Waals surface area (Å²) in [4.78, 5) is 9.79. The topological polar surface area (TPSA) is 75.4 Å². The first kappa shape index (κ1) is 14.8. The summed E-state index contributed by atoms with van der Waals surface area (Å²) in [6.07, 6.45) is 1.76. The SMILES string of the molecule is CSC(=C[N+](=O)[O-])NCC(O)c1ccccc1Cl. The summed E-state index contributed by atoms with van der Waals surface area (Å²) >= 11 is 7.14. The number of nitro groups is 1. The van der Waals surface area contributed by atoms with E-state index >= 15 is 0 Å². The second kappa shape index (κ2) is 7.25. The third-order valence-corrected chi connectivity index (χ3v) is 3.21. The van der Waals surface area contributed by atoms with Crippen LogP contribution < -0.4 is 5.32 Å². The summed E-state index contributed by atoms with van der Waals surface area (Å²) in [5.74, 6) is 0. The van der Waals surface area contributed by atoms with Gasteiger partial charge in [-0.25, -0.2) is 0 Å². The van der Waals surface area contributed by atoms with Crippen LogP contribution in [0.15, 0.2) is 35.5 Å². The molecule has 1 aromatic rings. The molecular weight excluding hydrogens is 276 g/mol. The normalized spacial score (nSPS) is 13.2. The molecule has 0 saturated heterocycles. The van der Waals surface area contributed by atoms with Gasteiger partial charge in [0, 0.05) is 17.1 Å². The fraction of sp³-hybridized carbons (Fsp3) is 0.273. The fourth-order valence-corrected chi connectivity index (χ4v) is 2.00. The molecule has 0 bridgehead atoms. The molecule has 7 heteroatoms. The highest BCUT2D eigenvalue weighted by atomic mass is 35.5. The molecule has 0 radical (unpaired) electrons. The third kappa shape index (κ3) is 4.56. The Morgan fingerprint density at radius 3 is 2.89 bits per heavy atom. The lowest BCUT2D eigenvalue weighted by atomic mass is 10.1. The number of rotatable bonds is 6. The molecule has 0 saturated carbocycles. The molecule has 18 heavy (non-hydrogen) atoms. The van der Waals surface area contributed by atoms with E-state index in [9.17, 15) is 15.2 Å². The van der Waals surface area contributed by atoms with Gasteiger partial charge in [0.25, 0.3) is 6.20 Å². The summed E-state index contributed by atoms with van der Waals surface area (Å²) in [5.41, 5.74) is 0.591. The van der Waals surface area contributed by atoms with E-state index in [2.05, 4.69) is 5.32 Å². The van der Waals surface area contributed by atoms with Crippen molar-refractivity contribution in [3.63, 3.8) is 0 Å². The van der Waals surface area contributed by atoms with Gasteiger partial charge in [0.1, 0.15) is 5.03 Å². The average molecular weight is 289 g/mol.